The number of aliphatic hydroxyl groups is 1. The highest BCUT2D eigenvalue weighted by molar-refractivity contribution is 7.89. The molecule has 1 aliphatic carbocycles. The molecular formula is C14H24N2O4S. The number of hydrogen-bond donors (Lipinski definition) is 3. The van der Waals surface area contributed by atoms with Crippen molar-refractivity contribution in [3.8, 4) is 0 Å². The van der Waals surface area contributed by atoms with Crippen molar-refractivity contribution in [3.05, 3.63) is 17.9 Å². The van der Waals surface area contributed by atoms with Gasteiger partial charge in [-0.2, -0.15) is 0 Å². The van der Waals surface area contributed by atoms with Gasteiger partial charge in [0.1, 0.15) is 5.76 Å². The summed E-state index contributed by atoms with van der Waals surface area (Å²) < 4.78 is 32.6. The monoisotopic (exact) mass is 316 g/mol. The van der Waals surface area contributed by atoms with Crippen LogP contribution in [-0.2, 0) is 16.6 Å². The third kappa shape index (κ3) is 4.29. The SMILES string of the molecule is CC(C)NCc1ccc(S(=O)(=O)NC2CCCC2CO)o1. The van der Waals surface area contributed by atoms with Crippen LogP contribution in [0, 0.1) is 5.92 Å². The van der Waals surface area contributed by atoms with Crippen molar-refractivity contribution in [2.75, 3.05) is 6.61 Å². The highest BCUT2D eigenvalue weighted by atomic mass is 32.2. The summed E-state index contributed by atoms with van der Waals surface area (Å²) >= 11 is 0. The van der Waals surface area contributed by atoms with Gasteiger partial charge in [0.05, 0.1) is 6.54 Å². The molecular weight excluding hydrogens is 292 g/mol. The fourth-order valence-electron chi connectivity index (χ4n) is 2.57. The van der Waals surface area contributed by atoms with Gasteiger partial charge < -0.3 is 14.8 Å². The van der Waals surface area contributed by atoms with Crippen LogP contribution in [0.4, 0.5) is 0 Å². The van der Waals surface area contributed by atoms with Gasteiger partial charge in [0.15, 0.2) is 0 Å². The molecule has 1 aromatic rings. The van der Waals surface area contributed by atoms with Crippen LogP contribution in [-0.4, -0.2) is 32.2 Å². The zero-order chi connectivity index (χ0) is 15.5. The Hall–Kier alpha value is -0.890. The Kier molecular flexibility index (Phi) is 5.43. The molecule has 0 aliphatic heterocycles. The van der Waals surface area contributed by atoms with E-state index in [9.17, 15) is 13.5 Å². The molecule has 1 fully saturated rings. The Morgan fingerprint density at radius 2 is 2.14 bits per heavy atom. The third-order valence-corrected chi connectivity index (χ3v) is 5.15. The second-order valence-corrected chi connectivity index (χ2v) is 7.50. The number of nitrogens with one attached hydrogen (secondary N) is 2. The predicted octanol–water partition coefficient (Wildman–Crippen LogP) is 1.22. The van der Waals surface area contributed by atoms with E-state index in [4.69, 9.17) is 4.42 Å². The van der Waals surface area contributed by atoms with E-state index < -0.39 is 10.0 Å². The van der Waals surface area contributed by atoms with Gasteiger partial charge in [0.2, 0.25) is 5.09 Å². The van der Waals surface area contributed by atoms with Crippen molar-refractivity contribution in [3.63, 3.8) is 0 Å². The second kappa shape index (κ2) is 6.91. The van der Waals surface area contributed by atoms with Crippen LogP contribution in [0.15, 0.2) is 21.6 Å². The van der Waals surface area contributed by atoms with E-state index >= 15 is 0 Å². The van der Waals surface area contributed by atoms with Crippen LogP contribution < -0.4 is 10.0 Å². The Labute approximate surface area is 126 Å². The van der Waals surface area contributed by atoms with Gasteiger partial charge in [-0.25, -0.2) is 13.1 Å². The molecule has 1 aromatic heterocycles. The minimum atomic E-state index is -3.66. The van der Waals surface area contributed by atoms with Gasteiger partial charge in [-0.05, 0) is 30.9 Å². The van der Waals surface area contributed by atoms with Crippen LogP contribution in [0.3, 0.4) is 0 Å². The second-order valence-electron chi connectivity index (χ2n) is 5.86. The number of aliphatic hydroxyl groups excluding tert-OH is 1. The Morgan fingerprint density at radius 3 is 2.81 bits per heavy atom. The summed E-state index contributed by atoms with van der Waals surface area (Å²) in [6, 6.07) is 3.24. The number of furan rings is 1. The normalized spacial score (nSPS) is 23.0. The van der Waals surface area contributed by atoms with Crippen molar-refractivity contribution in [1.29, 1.82) is 0 Å². The highest BCUT2D eigenvalue weighted by Crippen LogP contribution is 2.27. The molecule has 2 atom stereocenters. The Bertz CT molecular complexity index is 553. The minimum Gasteiger partial charge on any atom is -0.447 e. The first-order valence-corrected chi connectivity index (χ1v) is 8.86. The maximum atomic E-state index is 12.3. The van der Waals surface area contributed by atoms with E-state index in [0.717, 1.165) is 19.3 Å². The molecule has 7 heteroatoms. The molecule has 0 bridgehead atoms. The van der Waals surface area contributed by atoms with Gasteiger partial charge in [-0.3, -0.25) is 0 Å². The summed E-state index contributed by atoms with van der Waals surface area (Å²) in [5, 5.41) is 12.4. The van der Waals surface area contributed by atoms with Gasteiger partial charge in [-0.15, -0.1) is 0 Å². The smallest absolute Gasteiger partial charge is 0.274 e. The lowest BCUT2D eigenvalue weighted by molar-refractivity contribution is 0.213. The molecule has 1 aliphatic rings. The lowest BCUT2D eigenvalue weighted by Crippen LogP contribution is -2.38. The van der Waals surface area contributed by atoms with Crippen LogP contribution in [0.25, 0.3) is 0 Å². The fraction of sp³-hybridized carbons (Fsp3) is 0.714. The molecule has 1 saturated carbocycles. The molecule has 2 unspecified atom stereocenters. The standard InChI is InChI=1S/C14H24N2O4S/c1-10(2)15-8-12-6-7-14(20-12)21(18,19)16-13-5-3-4-11(13)9-17/h6-7,10-11,13,15-17H,3-5,8-9H2,1-2H3. The van der Waals surface area contributed by atoms with Gasteiger partial charge in [0, 0.05) is 18.7 Å². The first kappa shape index (κ1) is 16.5. The third-order valence-electron chi connectivity index (χ3n) is 3.79. The zero-order valence-electron chi connectivity index (χ0n) is 12.5. The topological polar surface area (TPSA) is 91.6 Å². The van der Waals surface area contributed by atoms with Crippen molar-refractivity contribution in [1.82, 2.24) is 10.0 Å². The quantitative estimate of drug-likeness (QED) is 0.703. The molecule has 0 amide bonds. The Balaban J connectivity index is 2.02. The number of rotatable bonds is 7. The summed E-state index contributed by atoms with van der Waals surface area (Å²) in [4.78, 5) is 0. The predicted molar refractivity (Wildman–Crippen MR) is 79.2 cm³/mol. The van der Waals surface area contributed by atoms with E-state index in [1.807, 2.05) is 13.8 Å². The van der Waals surface area contributed by atoms with E-state index in [1.165, 1.54) is 6.07 Å². The van der Waals surface area contributed by atoms with Crippen molar-refractivity contribution in [2.24, 2.45) is 5.92 Å². The van der Waals surface area contributed by atoms with Crippen LogP contribution in [0.2, 0.25) is 0 Å². The zero-order valence-corrected chi connectivity index (χ0v) is 13.3. The van der Waals surface area contributed by atoms with E-state index in [1.54, 1.807) is 6.07 Å². The molecule has 0 radical (unpaired) electrons. The maximum Gasteiger partial charge on any atom is 0.274 e. The highest BCUT2D eigenvalue weighted by Gasteiger charge is 2.32. The summed E-state index contributed by atoms with van der Waals surface area (Å²) in [6.45, 7) is 4.53. The molecule has 0 aromatic carbocycles. The molecule has 0 spiro atoms. The average molecular weight is 316 g/mol. The first-order valence-electron chi connectivity index (χ1n) is 7.37. The fourth-order valence-corrected chi connectivity index (χ4v) is 3.86. The van der Waals surface area contributed by atoms with E-state index in [2.05, 4.69) is 10.0 Å². The molecule has 0 saturated heterocycles. The average Bonchev–Trinajstić information content (AvgIpc) is 3.04. The van der Waals surface area contributed by atoms with Crippen LogP contribution in [0.5, 0.6) is 0 Å². The molecule has 3 N–H and O–H groups in total. The largest absolute Gasteiger partial charge is 0.447 e. The summed E-state index contributed by atoms with van der Waals surface area (Å²) in [5.41, 5.74) is 0. The Morgan fingerprint density at radius 1 is 1.38 bits per heavy atom. The van der Waals surface area contributed by atoms with Crippen LogP contribution >= 0.6 is 0 Å². The summed E-state index contributed by atoms with van der Waals surface area (Å²) in [5.74, 6) is 0.589. The lowest BCUT2D eigenvalue weighted by atomic mass is 10.1. The van der Waals surface area contributed by atoms with Crippen molar-refractivity contribution in [2.45, 2.75) is 56.8 Å². The van der Waals surface area contributed by atoms with Crippen molar-refractivity contribution >= 4 is 10.0 Å². The molecule has 120 valence electrons. The number of hydrogen-bond acceptors (Lipinski definition) is 5. The van der Waals surface area contributed by atoms with Crippen LogP contribution in [0.1, 0.15) is 38.9 Å². The van der Waals surface area contributed by atoms with Gasteiger partial charge in [0.25, 0.3) is 10.0 Å². The molecule has 21 heavy (non-hydrogen) atoms. The van der Waals surface area contributed by atoms with Crippen molar-refractivity contribution < 1.29 is 17.9 Å². The molecule has 1 heterocycles. The van der Waals surface area contributed by atoms with Gasteiger partial charge in [-0.1, -0.05) is 20.3 Å². The van der Waals surface area contributed by atoms with E-state index in [0.29, 0.717) is 18.3 Å². The first-order chi connectivity index (χ1) is 9.92. The summed E-state index contributed by atoms with van der Waals surface area (Å²) in [7, 11) is -3.66. The van der Waals surface area contributed by atoms with E-state index in [-0.39, 0.29) is 23.7 Å². The van der Waals surface area contributed by atoms with Gasteiger partial charge >= 0.3 is 0 Å². The molecule has 2 rings (SSSR count). The molecule has 6 nitrogen and oxygen atoms in total. The summed E-state index contributed by atoms with van der Waals surface area (Å²) in [6.07, 6.45) is 2.54. The number of sulfonamides is 1. The lowest BCUT2D eigenvalue weighted by Gasteiger charge is -2.17. The maximum absolute atomic E-state index is 12.3. The minimum absolute atomic E-state index is 0.00295.